The highest BCUT2D eigenvalue weighted by atomic mass is 79.9. The van der Waals surface area contributed by atoms with Crippen molar-refractivity contribution >= 4 is 68.1 Å². The molecule has 49 heavy (non-hydrogen) atoms. The lowest BCUT2D eigenvalue weighted by Gasteiger charge is -2.40. The molecule has 0 atom stereocenters. The Morgan fingerprint density at radius 2 is 1.63 bits per heavy atom. The predicted molar refractivity (Wildman–Crippen MR) is 207 cm³/mol. The number of pyridine rings is 1. The minimum Gasteiger partial charge on any atom is -0.494 e. The molecule has 4 heterocycles. The maximum Gasteiger partial charge on any atom is 0.229 e. The van der Waals surface area contributed by atoms with Gasteiger partial charge in [-0.15, -0.1) is 0 Å². The van der Waals surface area contributed by atoms with Crippen LogP contribution in [0.25, 0.3) is 10.9 Å². The summed E-state index contributed by atoms with van der Waals surface area (Å²) in [7, 11) is 1.27. The van der Waals surface area contributed by atoms with Gasteiger partial charge in [0.05, 0.1) is 28.5 Å². The number of likely N-dealkylation sites (tertiary alicyclic amines) is 1. The largest absolute Gasteiger partial charge is 0.494 e. The molecule has 3 aliphatic rings. The zero-order valence-corrected chi connectivity index (χ0v) is 31.9. The number of fused-ring (bicyclic) bond motifs is 1. The number of nitrogens with zero attached hydrogens (tertiary/aromatic N) is 5. The molecule has 9 nitrogen and oxygen atoms in total. The van der Waals surface area contributed by atoms with Crippen LogP contribution in [0.3, 0.4) is 0 Å². The molecule has 2 aromatic carbocycles. The molecule has 11 heteroatoms. The summed E-state index contributed by atoms with van der Waals surface area (Å²) in [6.07, 6.45) is 10.2. The Morgan fingerprint density at radius 1 is 0.918 bits per heavy atom. The maximum absolute atomic E-state index is 13.7. The first-order valence-electron chi connectivity index (χ1n) is 17.8. The second-order valence-corrected chi connectivity index (χ2v) is 18.5. The van der Waals surface area contributed by atoms with Gasteiger partial charge in [-0.2, -0.15) is 4.98 Å². The van der Waals surface area contributed by atoms with Crippen LogP contribution in [0.4, 0.5) is 28.8 Å². The van der Waals surface area contributed by atoms with Gasteiger partial charge >= 0.3 is 0 Å². The second-order valence-electron chi connectivity index (χ2n) is 14.5. The normalized spacial score (nSPS) is 18.2. The molecule has 7 rings (SSSR count). The summed E-state index contributed by atoms with van der Waals surface area (Å²) in [5, 5.41) is 8.60. The highest BCUT2D eigenvalue weighted by molar-refractivity contribution is 9.10. The van der Waals surface area contributed by atoms with Crippen LogP contribution in [0.15, 0.2) is 47.1 Å². The van der Waals surface area contributed by atoms with Gasteiger partial charge in [-0.25, -0.2) is 4.98 Å². The molecular weight excluding hydrogens is 697 g/mol. The van der Waals surface area contributed by atoms with Crippen molar-refractivity contribution in [2.75, 3.05) is 69.2 Å². The summed E-state index contributed by atoms with van der Waals surface area (Å²) in [4.78, 5) is 19.4. The summed E-state index contributed by atoms with van der Waals surface area (Å²) < 4.78 is 20.3. The van der Waals surface area contributed by atoms with Crippen LogP contribution in [-0.4, -0.2) is 73.5 Å². The predicted octanol–water partition coefficient (Wildman–Crippen LogP) is 8.53. The molecule has 0 unspecified atom stereocenters. The summed E-state index contributed by atoms with van der Waals surface area (Å²) in [6.45, 7) is 10.5. The molecule has 2 saturated heterocycles. The minimum atomic E-state index is -2.69. The number of hydrogen-bond donors (Lipinski definition) is 2. The smallest absolute Gasteiger partial charge is 0.229 e. The molecule has 0 bridgehead atoms. The van der Waals surface area contributed by atoms with E-state index in [0.717, 1.165) is 70.4 Å². The van der Waals surface area contributed by atoms with Crippen molar-refractivity contribution in [1.29, 1.82) is 0 Å². The standard InChI is InChI=1S/C38H49BrN7O2P/c1-6-24-21-33(35(48-3)22-34(24)46-19-15-26(16-20-46)25-13-17-45(2)18-14-25)43-38-40-23-29(39)37(44-38)42-32-12-11-31-28(36(32)49(4,5)47)9-10-30(41-31)27-7-8-27/h9-12,21-23,25-27H,6-8,13-20H2,1-5H3,(H2,40,42,43,44). The molecule has 2 aromatic heterocycles. The number of rotatable bonds is 10. The third-order valence-corrected chi connectivity index (χ3v) is 12.9. The SMILES string of the molecule is CCc1cc(Nc2ncc(Br)c(Nc3ccc4nc(C5CC5)ccc4c3P(C)(C)=O)n2)c(OC)cc1N1CCC(C2CCN(C)CC2)CC1. The van der Waals surface area contributed by atoms with Crippen molar-refractivity contribution in [1.82, 2.24) is 19.9 Å². The molecule has 1 saturated carbocycles. The van der Waals surface area contributed by atoms with Crippen molar-refractivity contribution in [3.8, 4) is 5.75 Å². The molecule has 1 aliphatic carbocycles. The molecule has 0 amide bonds. The molecule has 0 spiro atoms. The number of aryl methyl sites for hydroxylation is 1. The molecule has 2 N–H and O–H groups in total. The Kier molecular flexibility index (Phi) is 9.93. The minimum absolute atomic E-state index is 0.437. The van der Waals surface area contributed by atoms with Gasteiger partial charge in [0.15, 0.2) is 0 Å². The quantitative estimate of drug-likeness (QED) is 0.155. The Balaban J connectivity index is 1.11. The van der Waals surface area contributed by atoms with Gasteiger partial charge in [0.25, 0.3) is 0 Å². The number of piperidine rings is 2. The van der Waals surface area contributed by atoms with Crippen LogP contribution in [0.1, 0.15) is 62.6 Å². The van der Waals surface area contributed by atoms with E-state index in [0.29, 0.717) is 22.2 Å². The molecule has 260 valence electrons. The van der Waals surface area contributed by atoms with E-state index in [1.165, 1.54) is 62.9 Å². The molecule has 4 aromatic rings. The van der Waals surface area contributed by atoms with Crippen molar-refractivity contribution < 1.29 is 9.30 Å². The lowest BCUT2D eigenvalue weighted by Crippen LogP contribution is -2.40. The number of halogens is 1. The molecule has 2 aliphatic heterocycles. The zero-order valence-electron chi connectivity index (χ0n) is 29.4. The lowest BCUT2D eigenvalue weighted by atomic mass is 9.78. The first kappa shape index (κ1) is 34.3. The molecule has 0 radical (unpaired) electrons. The van der Waals surface area contributed by atoms with Crippen LogP contribution < -0.4 is 25.6 Å². The lowest BCUT2D eigenvalue weighted by molar-refractivity contribution is 0.154. The van der Waals surface area contributed by atoms with E-state index in [2.05, 4.69) is 79.6 Å². The molecular formula is C38H49BrN7O2P. The number of ether oxygens (including phenoxy) is 1. The van der Waals surface area contributed by atoms with E-state index in [1.54, 1.807) is 13.3 Å². The molecule has 3 fully saturated rings. The number of hydrogen-bond acceptors (Lipinski definition) is 9. The first-order valence-corrected chi connectivity index (χ1v) is 21.2. The highest BCUT2D eigenvalue weighted by Gasteiger charge is 2.30. The fraction of sp³-hybridized carbons (Fsp3) is 0.500. The summed E-state index contributed by atoms with van der Waals surface area (Å²) in [5.74, 6) is 4.03. The number of aromatic nitrogens is 3. The maximum atomic E-state index is 13.7. The Morgan fingerprint density at radius 3 is 2.29 bits per heavy atom. The van der Waals surface area contributed by atoms with Crippen molar-refractivity contribution in [3.05, 3.63) is 58.3 Å². The van der Waals surface area contributed by atoms with E-state index in [4.69, 9.17) is 14.7 Å². The van der Waals surface area contributed by atoms with Crippen LogP contribution in [-0.2, 0) is 11.0 Å². The van der Waals surface area contributed by atoms with Crippen LogP contribution in [0, 0.1) is 11.8 Å². The van der Waals surface area contributed by atoms with Gasteiger partial charge in [0.1, 0.15) is 18.7 Å². The van der Waals surface area contributed by atoms with Crippen LogP contribution in [0.5, 0.6) is 5.75 Å². The monoisotopic (exact) mass is 745 g/mol. The summed E-state index contributed by atoms with van der Waals surface area (Å²) in [6, 6.07) is 12.5. The van der Waals surface area contributed by atoms with Crippen molar-refractivity contribution in [2.45, 2.75) is 57.8 Å². The fourth-order valence-electron chi connectivity index (χ4n) is 7.82. The Labute approximate surface area is 299 Å². The average Bonchev–Trinajstić information content (AvgIpc) is 3.95. The number of anilines is 5. The van der Waals surface area contributed by atoms with Crippen molar-refractivity contribution in [3.63, 3.8) is 0 Å². The highest BCUT2D eigenvalue weighted by Crippen LogP contribution is 2.44. The van der Waals surface area contributed by atoms with Gasteiger partial charge in [-0.05, 0) is 136 Å². The van der Waals surface area contributed by atoms with Crippen LogP contribution >= 0.6 is 23.1 Å². The van der Waals surface area contributed by atoms with Crippen molar-refractivity contribution in [2.24, 2.45) is 11.8 Å². The van der Waals surface area contributed by atoms with E-state index in [1.807, 2.05) is 25.5 Å². The third kappa shape index (κ3) is 7.47. The van der Waals surface area contributed by atoms with E-state index >= 15 is 0 Å². The average molecular weight is 747 g/mol. The van der Waals surface area contributed by atoms with E-state index < -0.39 is 7.14 Å². The number of methoxy groups -OCH3 is 1. The summed E-state index contributed by atoms with van der Waals surface area (Å²) >= 11 is 3.64. The van der Waals surface area contributed by atoms with Gasteiger partial charge in [-0.1, -0.05) is 13.0 Å². The fourth-order valence-corrected chi connectivity index (χ4v) is 9.59. The van der Waals surface area contributed by atoms with Gasteiger partial charge in [-0.3, -0.25) is 4.98 Å². The Bertz CT molecular complexity index is 1880. The second kappa shape index (κ2) is 14.2. The zero-order chi connectivity index (χ0) is 34.3. The first-order chi connectivity index (χ1) is 23.6. The van der Waals surface area contributed by atoms with Gasteiger partial charge in [0, 0.05) is 53.3 Å². The number of nitrogens with one attached hydrogen (secondary N) is 2. The van der Waals surface area contributed by atoms with Crippen LogP contribution in [0.2, 0.25) is 0 Å². The third-order valence-electron chi connectivity index (χ3n) is 10.7. The van der Waals surface area contributed by atoms with E-state index in [9.17, 15) is 4.57 Å². The summed E-state index contributed by atoms with van der Waals surface area (Å²) in [5.41, 5.74) is 6.11. The van der Waals surface area contributed by atoms with Gasteiger partial charge < -0.3 is 29.7 Å². The topological polar surface area (TPSA) is 95.5 Å². The van der Waals surface area contributed by atoms with E-state index in [-0.39, 0.29) is 0 Å². The Hall–Kier alpha value is -3.20. The number of benzene rings is 2. The van der Waals surface area contributed by atoms with Gasteiger partial charge in [0.2, 0.25) is 5.95 Å².